The van der Waals surface area contributed by atoms with Gasteiger partial charge in [-0.25, -0.2) is 4.79 Å². The van der Waals surface area contributed by atoms with Crippen LogP contribution in [0.5, 0.6) is 0 Å². The van der Waals surface area contributed by atoms with Gasteiger partial charge in [-0.3, -0.25) is 0 Å². The van der Waals surface area contributed by atoms with Gasteiger partial charge in [-0.15, -0.1) is 0 Å². The maximum atomic E-state index is 11.7. The Morgan fingerprint density at radius 1 is 1.44 bits per heavy atom. The van der Waals surface area contributed by atoms with Crippen molar-refractivity contribution in [2.45, 2.75) is 6.92 Å². The first-order chi connectivity index (χ1) is 8.54. The highest BCUT2D eigenvalue weighted by atomic mass is 35.5. The molecule has 0 spiro atoms. The molecule has 1 heterocycles. The minimum absolute atomic E-state index is 0.350. The highest BCUT2D eigenvalue weighted by Gasteiger charge is 2.15. The second-order valence-corrected chi connectivity index (χ2v) is 4.56. The molecule has 0 radical (unpaired) electrons. The average Bonchev–Trinajstić information content (AvgIpc) is 2.75. The number of halogens is 1. The molecule has 0 amide bonds. The zero-order valence-corrected chi connectivity index (χ0v) is 11.3. The summed E-state index contributed by atoms with van der Waals surface area (Å²) in [5.74, 6) is -0.366. The lowest BCUT2D eigenvalue weighted by atomic mass is 10.2. The Hall–Kier alpha value is -1.68. The van der Waals surface area contributed by atoms with Crippen LogP contribution in [0.25, 0.3) is 10.9 Å². The van der Waals surface area contributed by atoms with E-state index in [9.17, 15) is 4.79 Å². The van der Waals surface area contributed by atoms with Crippen molar-refractivity contribution in [1.82, 2.24) is 4.98 Å². The molecule has 18 heavy (non-hydrogen) atoms. The van der Waals surface area contributed by atoms with Gasteiger partial charge in [0.25, 0.3) is 0 Å². The lowest BCUT2D eigenvalue weighted by Gasteiger charge is -2.13. The highest BCUT2D eigenvalue weighted by molar-refractivity contribution is 6.36. The van der Waals surface area contributed by atoms with Crippen molar-refractivity contribution in [3.05, 3.63) is 28.9 Å². The van der Waals surface area contributed by atoms with Crippen LogP contribution in [0.3, 0.4) is 0 Å². The van der Waals surface area contributed by atoms with Gasteiger partial charge in [-0.1, -0.05) is 11.6 Å². The fourth-order valence-electron chi connectivity index (χ4n) is 1.86. The molecule has 5 heteroatoms. The molecular weight excluding hydrogens is 252 g/mol. The number of H-pyrrole nitrogens is 1. The van der Waals surface area contributed by atoms with Gasteiger partial charge in [0.2, 0.25) is 0 Å². The number of ether oxygens (including phenoxy) is 1. The first-order valence-corrected chi connectivity index (χ1v) is 6.08. The fraction of sp³-hybridized carbons (Fsp3) is 0.308. The Bertz CT molecular complexity index is 590. The Morgan fingerprint density at radius 2 is 2.17 bits per heavy atom. The van der Waals surface area contributed by atoms with Gasteiger partial charge >= 0.3 is 5.97 Å². The van der Waals surface area contributed by atoms with Crippen LogP contribution in [-0.2, 0) is 4.74 Å². The van der Waals surface area contributed by atoms with Crippen LogP contribution in [-0.4, -0.2) is 31.7 Å². The third-order valence-corrected chi connectivity index (χ3v) is 3.03. The largest absolute Gasteiger partial charge is 0.461 e. The van der Waals surface area contributed by atoms with Crippen LogP contribution >= 0.6 is 11.6 Å². The zero-order chi connectivity index (χ0) is 13.3. The molecule has 1 aromatic carbocycles. The molecular formula is C13H15ClN2O2. The van der Waals surface area contributed by atoms with Crippen molar-refractivity contribution in [3.63, 3.8) is 0 Å². The number of rotatable bonds is 3. The van der Waals surface area contributed by atoms with E-state index >= 15 is 0 Å². The smallest absolute Gasteiger partial charge is 0.354 e. The van der Waals surface area contributed by atoms with Crippen LogP contribution in [0.2, 0.25) is 5.02 Å². The van der Waals surface area contributed by atoms with Gasteiger partial charge in [0.1, 0.15) is 5.69 Å². The van der Waals surface area contributed by atoms with E-state index in [1.165, 1.54) is 0 Å². The maximum absolute atomic E-state index is 11.7. The molecule has 0 saturated carbocycles. The monoisotopic (exact) mass is 266 g/mol. The first-order valence-electron chi connectivity index (χ1n) is 5.70. The summed E-state index contributed by atoms with van der Waals surface area (Å²) in [7, 11) is 3.88. The molecule has 4 nitrogen and oxygen atoms in total. The molecule has 0 atom stereocenters. The first kappa shape index (κ1) is 12.8. The summed E-state index contributed by atoms with van der Waals surface area (Å²) in [5.41, 5.74) is 2.24. The normalized spacial score (nSPS) is 10.7. The second-order valence-electron chi connectivity index (χ2n) is 4.15. The van der Waals surface area contributed by atoms with Crippen LogP contribution < -0.4 is 4.90 Å². The Labute approximate surface area is 110 Å². The number of aromatic amines is 1. The minimum atomic E-state index is -0.366. The number of hydrogen-bond acceptors (Lipinski definition) is 3. The number of anilines is 1. The predicted molar refractivity (Wildman–Crippen MR) is 73.6 cm³/mol. The van der Waals surface area contributed by atoms with E-state index in [-0.39, 0.29) is 5.97 Å². The van der Waals surface area contributed by atoms with Crippen molar-refractivity contribution in [2.75, 3.05) is 25.6 Å². The van der Waals surface area contributed by atoms with Crippen molar-refractivity contribution >= 4 is 34.2 Å². The maximum Gasteiger partial charge on any atom is 0.354 e. The SMILES string of the molecule is CCOC(=O)c1cc2c(Cl)ccc(N(C)C)c2[nH]1. The van der Waals surface area contributed by atoms with Crippen LogP contribution in [0.4, 0.5) is 5.69 Å². The third-order valence-electron chi connectivity index (χ3n) is 2.70. The number of fused-ring (bicyclic) bond motifs is 1. The Morgan fingerprint density at radius 3 is 2.78 bits per heavy atom. The molecule has 96 valence electrons. The van der Waals surface area contributed by atoms with E-state index in [4.69, 9.17) is 16.3 Å². The summed E-state index contributed by atoms with van der Waals surface area (Å²) in [6.45, 7) is 2.13. The van der Waals surface area contributed by atoms with E-state index in [1.54, 1.807) is 13.0 Å². The molecule has 0 fully saturated rings. The van der Waals surface area contributed by atoms with E-state index in [0.717, 1.165) is 16.6 Å². The van der Waals surface area contributed by atoms with E-state index < -0.39 is 0 Å². The van der Waals surface area contributed by atoms with Crippen molar-refractivity contribution < 1.29 is 9.53 Å². The van der Waals surface area contributed by atoms with Crippen molar-refractivity contribution in [2.24, 2.45) is 0 Å². The van der Waals surface area contributed by atoms with Crippen LogP contribution in [0.1, 0.15) is 17.4 Å². The number of aromatic nitrogens is 1. The molecule has 1 N–H and O–H groups in total. The fourth-order valence-corrected chi connectivity index (χ4v) is 2.07. The molecule has 0 bridgehead atoms. The Kier molecular flexibility index (Phi) is 3.48. The summed E-state index contributed by atoms with van der Waals surface area (Å²) in [5, 5.41) is 1.44. The van der Waals surface area contributed by atoms with Crippen molar-refractivity contribution in [1.29, 1.82) is 0 Å². The van der Waals surface area contributed by atoms with Gasteiger partial charge in [-0.05, 0) is 25.1 Å². The summed E-state index contributed by atoms with van der Waals surface area (Å²) in [6, 6.07) is 5.46. The summed E-state index contributed by atoms with van der Waals surface area (Å²) < 4.78 is 4.97. The molecule has 1 aromatic heterocycles. The van der Waals surface area contributed by atoms with Gasteiger partial charge in [0.15, 0.2) is 0 Å². The number of hydrogen-bond donors (Lipinski definition) is 1. The number of carbonyl (C=O) groups is 1. The molecule has 2 aromatic rings. The second kappa shape index (κ2) is 4.90. The number of nitrogens with one attached hydrogen (secondary N) is 1. The number of nitrogens with zero attached hydrogens (tertiary/aromatic N) is 1. The van der Waals surface area contributed by atoms with E-state index in [1.807, 2.05) is 31.1 Å². The zero-order valence-electron chi connectivity index (χ0n) is 10.6. The van der Waals surface area contributed by atoms with E-state index in [2.05, 4.69) is 4.98 Å². The molecule has 0 aliphatic rings. The summed E-state index contributed by atoms with van der Waals surface area (Å²) in [4.78, 5) is 16.7. The molecule has 0 unspecified atom stereocenters. The highest BCUT2D eigenvalue weighted by Crippen LogP contribution is 2.31. The lowest BCUT2D eigenvalue weighted by Crippen LogP contribution is -2.09. The van der Waals surface area contributed by atoms with Crippen LogP contribution in [0.15, 0.2) is 18.2 Å². The molecule has 0 aliphatic carbocycles. The average molecular weight is 267 g/mol. The number of esters is 1. The Balaban J connectivity index is 2.59. The summed E-state index contributed by atoms with van der Waals surface area (Å²) in [6.07, 6.45) is 0. The summed E-state index contributed by atoms with van der Waals surface area (Å²) >= 11 is 6.14. The topological polar surface area (TPSA) is 45.3 Å². The van der Waals surface area contributed by atoms with Gasteiger partial charge in [0, 0.05) is 19.5 Å². The van der Waals surface area contributed by atoms with Gasteiger partial charge < -0.3 is 14.6 Å². The quantitative estimate of drug-likeness (QED) is 0.869. The van der Waals surface area contributed by atoms with Crippen LogP contribution in [0, 0.1) is 0 Å². The molecule has 2 rings (SSSR count). The number of benzene rings is 1. The van der Waals surface area contributed by atoms with E-state index in [0.29, 0.717) is 17.3 Å². The predicted octanol–water partition coefficient (Wildman–Crippen LogP) is 3.06. The van der Waals surface area contributed by atoms with Gasteiger partial charge in [-0.2, -0.15) is 0 Å². The van der Waals surface area contributed by atoms with Gasteiger partial charge in [0.05, 0.1) is 22.8 Å². The third kappa shape index (κ3) is 2.16. The molecule has 0 aliphatic heterocycles. The number of carbonyl (C=O) groups excluding carboxylic acids is 1. The standard InChI is InChI=1S/C13H15ClN2O2/c1-4-18-13(17)10-7-8-9(14)5-6-11(16(2)3)12(8)15-10/h5-7,15H,4H2,1-3H3. The minimum Gasteiger partial charge on any atom is -0.461 e. The lowest BCUT2D eigenvalue weighted by molar-refractivity contribution is 0.0520. The van der Waals surface area contributed by atoms with Crippen molar-refractivity contribution in [3.8, 4) is 0 Å². The molecule has 0 saturated heterocycles.